The maximum atomic E-state index is 15.1. The molecule has 0 aliphatic carbocycles. The average molecular weight is 578 g/mol. The van der Waals surface area contributed by atoms with Crippen LogP contribution in [0.5, 0.6) is 0 Å². The van der Waals surface area contributed by atoms with Gasteiger partial charge in [0.1, 0.15) is 17.8 Å². The van der Waals surface area contributed by atoms with Gasteiger partial charge in [0.25, 0.3) is 0 Å². The predicted molar refractivity (Wildman–Crippen MR) is 150 cm³/mol. The van der Waals surface area contributed by atoms with Crippen molar-refractivity contribution in [3.8, 4) is 0 Å². The Labute approximate surface area is 238 Å². The summed E-state index contributed by atoms with van der Waals surface area (Å²) in [7, 11) is 1.62. The summed E-state index contributed by atoms with van der Waals surface area (Å²) in [6, 6.07) is 0.463. The molecular weight excluding hydrogens is 536 g/mol. The summed E-state index contributed by atoms with van der Waals surface area (Å²) in [6.07, 6.45) is 4.04. The van der Waals surface area contributed by atoms with Crippen molar-refractivity contribution in [2.24, 2.45) is 22.7 Å². The van der Waals surface area contributed by atoms with Gasteiger partial charge in [-0.2, -0.15) is 0 Å². The highest BCUT2D eigenvalue weighted by Crippen LogP contribution is 2.34. The van der Waals surface area contributed by atoms with Crippen molar-refractivity contribution in [1.82, 2.24) is 25.0 Å². The van der Waals surface area contributed by atoms with E-state index in [0.717, 1.165) is 32.4 Å². The number of carbonyl (C=O) groups is 2. The molecule has 4 aliphatic rings. The molecule has 4 aliphatic heterocycles. The summed E-state index contributed by atoms with van der Waals surface area (Å²) >= 11 is 0. The lowest BCUT2D eigenvalue weighted by molar-refractivity contribution is -0.144. The van der Waals surface area contributed by atoms with Crippen LogP contribution in [0.25, 0.3) is 0 Å². The number of likely N-dealkylation sites (tertiary alicyclic amines) is 2. The van der Waals surface area contributed by atoms with Crippen molar-refractivity contribution >= 4 is 23.2 Å². The molecule has 12 nitrogen and oxygen atoms in total. The van der Waals surface area contributed by atoms with E-state index < -0.39 is 36.1 Å². The van der Waals surface area contributed by atoms with E-state index in [2.05, 4.69) is 25.7 Å². The highest BCUT2D eigenvalue weighted by molar-refractivity contribution is 5.96. The molecule has 1 aromatic heterocycles. The largest absolute Gasteiger partial charge is 0.367 e. The van der Waals surface area contributed by atoms with E-state index >= 15 is 4.39 Å². The highest BCUT2D eigenvalue weighted by Gasteiger charge is 2.41. The molecular formula is C27H41F2N9O3. The molecule has 0 aromatic carbocycles. The number of alkyl halides is 1. The summed E-state index contributed by atoms with van der Waals surface area (Å²) in [5.41, 5.74) is 6.22. The molecule has 0 bridgehead atoms. The van der Waals surface area contributed by atoms with Crippen LogP contribution >= 0.6 is 0 Å². The Morgan fingerprint density at radius 3 is 2.49 bits per heavy atom. The summed E-state index contributed by atoms with van der Waals surface area (Å²) in [5.74, 6) is -2.38. The van der Waals surface area contributed by atoms with Gasteiger partial charge >= 0.3 is 0 Å². The second kappa shape index (κ2) is 13.0. The number of carbonyl (C=O) groups excluding carboxylic acids is 2. The van der Waals surface area contributed by atoms with Gasteiger partial charge in [-0.05, 0) is 45.8 Å². The van der Waals surface area contributed by atoms with Gasteiger partial charge in [-0.3, -0.25) is 29.7 Å². The Hall–Kier alpha value is -2.81. The van der Waals surface area contributed by atoms with Crippen LogP contribution in [0.1, 0.15) is 32.1 Å². The van der Waals surface area contributed by atoms with Crippen LogP contribution in [0.15, 0.2) is 17.6 Å². The van der Waals surface area contributed by atoms with Crippen molar-refractivity contribution < 1.29 is 18.4 Å². The Balaban J connectivity index is 1.21. The third kappa shape index (κ3) is 6.50. The van der Waals surface area contributed by atoms with Crippen molar-refractivity contribution in [3.05, 3.63) is 23.1 Å². The number of halogens is 2. The molecule has 4 unspecified atom stereocenters. The normalized spacial score (nSPS) is 26.7. The zero-order valence-electron chi connectivity index (χ0n) is 23.6. The summed E-state index contributed by atoms with van der Waals surface area (Å²) in [5, 5.41) is 8.47. The van der Waals surface area contributed by atoms with Gasteiger partial charge in [-0.25, -0.2) is 8.78 Å². The topological polar surface area (TPSA) is 140 Å². The first-order chi connectivity index (χ1) is 19.8. The number of nitrogens with two attached hydrogens (primary N) is 1. The number of hydrogen-bond donors (Lipinski definition) is 3. The van der Waals surface area contributed by atoms with Gasteiger partial charge in [0.05, 0.1) is 24.2 Å². The average Bonchev–Trinajstić information content (AvgIpc) is 2.94. The minimum absolute atomic E-state index is 0.00113. The van der Waals surface area contributed by atoms with Crippen LogP contribution in [0.4, 0.5) is 20.2 Å². The molecule has 0 saturated carbocycles. The summed E-state index contributed by atoms with van der Waals surface area (Å²) in [6.45, 7) is 4.73. The van der Waals surface area contributed by atoms with Crippen LogP contribution < -0.4 is 21.3 Å². The van der Waals surface area contributed by atoms with E-state index in [-0.39, 0.29) is 36.3 Å². The van der Waals surface area contributed by atoms with Crippen LogP contribution in [0, 0.1) is 22.6 Å². The molecule has 0 radical (unpaired) electrons. The van der Waals surface area contributed by atoms with Gasteiger partial charge in [0.2, 0.25) is 11.8 Å². The lowest BCUT2D eigenvalue weighted by atomic mass is 9.92. The number of pyridine rings is 1. The molecule has 2 amide bonds. The van der Waals surface area contributed by atoms with Crippen molar-refractivity contribution in [3.63, 3.8) is 0 Å². The van der Waals surface area contributed by atoms with Gasteiger partial charge in [-0.15, -0.1) is 4.91 Å². The van der Waals surface area contributed by atoms with E-state index in [1.165, 1.54) is 25.5 Å². The quantitative estimate of drug-likeness (QED) is 0.385. The van der Waals surface area contributed by atoms with Crippen LogP contribution in [-0.2, 0) is 9.59 Å². The molecule has 4 N–H and O–H groups in total. The summed E-state index contributed by atoms with van der Waals surface area (Å²) < 4.78 is 29.0. The second-order valence-corrected chi connectivity index (χ2v) is 11.8. The second-order valence-electron chi connectivity index (χ2n) is 11.8. The predicted octanol–water partition coefficient (Wildman–Crippen LogP) is 0.939. The van der Waals surface area contributed by atoms with Gasteiger partial charge in [0.15, 0.2) is 12.0 Å². The summed E-state index contributed by atoms with van der Waals surface area (Å²) in [4.78, 5) is 49.7. The molecule has 5 rings (SSSR count). The standard InChI is InChI=1S/C27H41F2N9O3/c1-35-14-18(28)11-32-25(35)22(24(30)34-41)26(39)33-21-13-31-12-20(29)23(21)37-9-5-17(6-10-37)27(40)38-15-19(16-38)36-7-3-2-4-8-36/h12-13,17-19,22,24-25,32H,2-11,14-16,30H2,1H3,(H,33,39). The number of amides is 2. The minimum Gasteiger partial charge on any atom is -0.367 e. The third-order valence-corrected chi connectivity index (χ3v) is 9.01. The Kier molecular flexibility index (Phi) is 9.42. The SMILES string of the molecule is CN1CC(F)CNC1C(C(=O)Nc1cncc(F)c1N1CCC(C(=O)N2CC(N3CCCCC3)C2)CC1)C(N)N=O. The molecule has 14 heteroatoms. The first kappa shape index (κ1) is 29.7. The molecule has 226 valence electrons. The maximum absolute atomic E-state index is 15.1. The van der Waals surface area contributed by atoms with E-state index in [4.69, 9.17) is 5.73 Å². The fraction of sp³-hybridized carbons (Fsp3) is 0.741. The number of anilines is 2. The van der Waals surface area contributed by atoms with Crippen molar-refractivity contribution in [2.75, 3.05) is 69.6 Å². The molecule has 4 fully saturated rings. The molecule has 5 heterocycles. The minimum atomic E-state index is -1.41. The maximum Gasteiger partial charge on any atom is 0.234 e. The molecule has 4 saturated heterocycles. The van der Waals surface area contributed by atoms with Crippen LogP contribution in [0.3, 0.4) is 0 Å². The zero-order valence-corrected chi connectivity index (χ0v) is 23.6. The lowest BCUT2D eigenvalue weighted by Gasteiger charge is -2.48. The fourth-order valence-electron chi connectivity index (χ4n) is 6.66. The van der Waals surface area contributed by atoms with Crippen LogP contribution in [0.2, 0.25) is 0 Å². The van der Waals surface area contributed by atoms with E-state index in [9.17, 15) is 18.9 Å². The fourth-order valence-corrected chi connectivity index (χ4v) is 6.66. The van der Waals surface area contributed by atoms with Crippen molar-refractivity contribution in [2.45, 2.75) is 56.6 Å². The number of hydrogen-bond acceptors (Lipinski definition) is 10. The zero-order chi connectivity index (χ0) is 29.1. The lowest BCUT2D eigenvalue weighted by Crippen LogP contribution is -2.63. The first-order valence-electron chi connectivity index (χ1n) is 14.6. The number of nitroso groups, excluding NO2 is 1. The molecule has 1 aromatic rings. The van der Waals surface area contributed by atoms with Gasteiger partial charge in [0, 0.05) is 51.2 Å². The van der Waals surface area contributed by atoms with Gasteiger partial charge in [-0.1, -0.05) is 11.6 Å². The van der Waals surface area contributed by atoms with Crippen molar-refractivity contribution in [1.29, 1.82) is 0 Å². The van der Waals surface area contributed by atoms with Crippen LogP contribution in [-0.4, -0.2) is 115 Å². The monoisotopic (exact) mass is 577 g/mol. The smallest absolute Gasteiger partial charge is 0.234 e. The number of nitrogens with one attached hydrogen (secondary N) is 2. The Morgan fingerprint density at radius 2 is 1.83 bits per heavy atom. The van der Waals surface area contributed by atoms with E-state index in [0.29, 0.717) is 32.0 Å². The number of aromatic nitrogens is 1. The van der Waals surface area contributed by atoms with E-state index in [1.54, 1.807) is 11.9 Å². The molecule has 41 heavy (non-hydrogen) atoms. The Morgan fingerprint density at radius 1 is 1.12 bits per heavy atom. The number of nitrogens with zero attached hydrogens (tertiary/aromatic N) is 6. The highest BCUT2D eigenvalue weighted by atomic mass is 19.1. The first-order valence-corrected chi connectivity index (χ1v) is 14.6. The van der Waals surface area contributed by atoms with Gasteiger partial charge < -0.3 is 20.9 Å². The molecule has 4 atom stereocenters. The number of rotatable bonds is 8. The molecule has 0 spiro atoms. The van der Waals surface area contributed by atoms with E-state index in [1.807, 2.05) is 9.80 Å². The third-order valence-electron chi connectivity index (χ3n) is 9.01. The number of piperidine rings is 2. The Bertz CT molecular complexity index is 1090.